The maximum atomic E-state index is 11.7. The lowest BCUT2D eigenvalue weighted by molar-refractivity contribution is 0.0475. The van der Waals surface area contributed by atoms with Crippen molar-refractivity contribution in [3.8, 4) is 0 Å². The fourth-order valence-corrected chi connectivity index (χ4v) is 3.18. The van der Waals surface area contributed by atoms with Gasteiger partial charge in [-0.3, -0.25) is 0 Å². The van der Waals surface area contributed by atoms with Gasteiger partial charge in [-0.15, -0.1) is 11.8 Å². The van der Waals surface area contributed by atoms with Crippen LogP contribution in [0.3, 0.4) is 0 Å². The van der Waals surface area contributed by atoms with Crippen LogP contribution in [0.4, 0.5) is 10.5 Å². The van der Waals surface area contributed by atoms with Gasteiger partial charge in [-0.2, -0.15) is 0 Å². The van der Waals surface area contributed by atoms with E-state index in [1.165, 1.54) is 10.6 Å². The van der Waals surface area contributed by atoms with Crippen molar-refractivity contribution in [2.24, 2.45) is 0 Å². The highest BCUT2D eigenvalue weighted by atomic mass is 32.2. The number of thioether (sulfide) groups is 1. The van der Waals surface area contributed by atoms with Gasteiger partial charge in [0.25, 0.3) is 0 Å². The van der Waals surface area contributed by atoms with Crippen LogP contribution >= 0.6 is 11.8 Å². The van der Waals surface area contributed by atoms with Crippen LogP contribution in [0.25, 0.3) is 0 Å². The van der Waals surface area contributed by atoms with Crippen molar-refractivity contribution in [1.82, 2.24) is 5.32 Å². The van der Waals surface area contributed by atoms with Crippen LogP contribution in [0.2, 0.25) is 0 Å². The Bertz CT molecular complexity index is 508. The van der Waals surface area contributed by atoms with Crippen molar-refractivity contribution in [3.05, 3.63) is 24.3 Å². The average molecular weight is 322 g/mol. The standard InChI is InChI=1S/C17H26N2O2S/c1-5-22-15-9-7-6-8-14(15)18-12-10-13(11-12)19-16(20)21-17(2,3)4/h6-9,12-13,18H,5,10-11H2,1-4H3,(H,19,20). The van der Waals surface area contributed by atoms with Gasteiger partial charge >= 0.3 is 6.09 Å². The van der Waals surface area contributed by atoms with E-state index in [1.54, 1.807) is 0 Å². The van der Waals surface area contributed by atoms with E-state index in [-0.39, 0.29) is 12.1 Å². The summed E-state index contributed by atoms with van der Waals surface area (Å²) >= 11 is 1.84. The first kappa shape index (κ1) is 17.0. The molecule has 22 heavy (non-hydrogen) atoms. The van der Waals surface area contributed by atoms with E-state index in [2.05, 4.69) is 41.8 Å². The van der Waals surface area contributed by atoms with Gasteiger partial charge in [0, 0.05) is 22.7 Å². The van der Waals surface area contributed by atoms with E-state index in [4.69, 9.17) is 4.74 Å². The molecule has 2 rings (SSSR count). The van der Waals surface area contributed by atoms with Crippen LogP contribution in [-0.4, -0.2) is 29.5 Å². The number of carbonyl (C=O) groups is 1. The zero-order valence-corrected chi connectivity index (χ0v) is 14.6. The van der Waals surface area contributed by atoms with Gasteiger partial charge in [0.1, 0.15) is 5.60 Å². The smallest absolute Gasteiger partial charge is 0.407 e. The van der Waals surface area contributed by atoms with E-state index in [9.17, 15) is 4.79 Å². The molecule has 0 heterocycles. The molecule has 0 bridgehead atoms. The first-order chi connectivity index (χ1) is 10.4. The summed E-state index contributed by atoms with van der Waals surface area (Å²) in [4.78, 5) is 13.0. The third-order valence-corrected chi connectivity index (χ3v) is 4.36. The van der Waals surface area contributed by atoms with Crippen molar-refractivity contribution < 1.29 is 9.53 Å². The molecular formula is C17H26N2O2S. The van der Waals surface area contributed by atoms with Gasteiger partial charge in [-0.05, 0) is 51.5 Å². The van der Waals surface area contributed by atoms with Crippen LogP contribution in [-0.2, 0) is 4.74 Å². The molecule has 5 heteroatoms. The van der Waals surface area contributed by atoms with E-state index in [0.29, 0.717) is 6.04 Å². The lowest BCUT2D eigenvalue weighted by Crippen LogP contribution is -2.50. The lowest BCUT2D eigenvalue weighted by Gasteiger charge is -2.37. The topological polar surface area (TPSA) is 50.4 Å². The molecule has 1 saturated carbocycles. The summed E-state index contributed by atoms with van der Waals surface area (Å²) in [6.45, 7) is 7.78. The van der Waals surface area contributed by atoms with Gasteiger partial charge in [0.15, 0.2) is 0 Å². The van der Waals surface area contributed by atoms with Crippen molar-refractivity contribution in [2.45, 2.75) is 63.1 Å². The van der Waals surface area contributed by atoms with Crippen molar-refractivity contribution in [1.29, 1.82) is 0 Å². The normalized spacial score (nSPS) is 20.9. The molecule has 1 aliphatic rings. The van der Waals surface area contributed by atoms with Crippen LogP contribution in [0, 0.1) is 0 Å². The minimum atomic E-state index is -0.443. The molecule has 4 nitrogen and oxygen atoms in total. The number of anilines is 1. The Morgan fingerprint density at radius 1 is 1.27 bits per heavy atom. The molecule has 0 spiro atoms. The van der Waals surface area contributed by atoms with Gasteiger partial charge in [-0.1, -0.05) is 19.1 Å². The number of ether oxygens (including phenoxy) is 1. The van der Waals surface area contributed by atoms with E-state index >= 15 is 0 Å². The number of para-hydroxylation sites is 1. The molecule has 0 unspecified atom stereocenters. The molecule has 122 valence electrons. The highest BCUT2D eigenvalue weighted by molar-refractivity contribution is 7.99. The molecule has 1 aromatic rings. The Labute approximate surface area is 137 Å². The second kappa shape index (κ2) is 7.27. The second-order valence-corrected chi connectivity index (χ2v) is 7.89. The fraction of sp³-hybridized carbons (Fsp3) is 0.588. The molecule has 0 radical (unpaired) electrons. The third kappa shape index (κ3) is 5.13. The molecule has 1 aliphatic carbocycles. The van der Waals surface area contributed by atoms with Crippen LogP contribution in [0.15, 0.2) is 29.2 Å². The number of rotatable bonds is 5. The highest BCUT2D eigenvalue weighted by Gasteiger charge is 2.31. The highest BCUT2D eigenvalue weighted by Crippen LogP contribution is 2.31. The third-order valence-electron chi connectivity index (χ3n) is 3.41. The molecule has 2 N–H and O–H groups in total. The SMILES string of the molecule is CCSc1ccccc1NC1CC(NC(=O)OC(C)(C)C)C1. The monoisotopic (exact) mass is 322 g/mol. The summed E-state index contributed by atoms with van der Waals surface area (Å²) in [6.07, 6.45) is 1.55. The zero-order chi connectivity index (χ0) is 16.2. The number of hydrogen-bond donors (Lipinski definition) is 2. The quantitative estimate of drug-likeness (QED) is 0.795. The van der Waals surface area contributed by atoms with E-state index < -0.39 is 5.60 Å². The van der Waals surface area contributed by atoms with E-state index in [0.717, 1.165) is 18.6 Å². The summed E-state index contributed by atoms with van der Waals surface area (Å²) in [5, 5.41) is 6.49. The van der Waals surface area contributed by atoms with Crippen LogP contribution in [0.5, 0.6) is 0 Å². The molecule has 0 aliphatic heterocycles. The Balaban J connectivity index is 1.77. The Kier molecular flexibility index (Phi) is 5.62. The minimum absolute atomic E-state index is 0.207. The predicted octanol–water partition coefficient (Wildman–Crippen LogP) is 4.27. The van der Waals surface area contributed by atoms with Crippen molar-refractivity contribution in [3.63, 3.8) is 0 Å². The zero-order valence-electron chi connectivity index (χ0n) is 13.8. The van der Waals surface area contributed by atoms with Gasteiger partial charge in [-0.25, -0.2) is 4.79 Å². The number of benzene rings is 1. The number of alkyl carbamates (subject to hydrolysis) is 1. The fourth-order valence-electron chi connectivity index (χ4n) is 2.41. The minimum Gasteiger partial charge on any atom is -0.444 e. The van der Waals surface area contributed by atoms with Gasteiger partial charge in [0.2, 0.25) is 0 Å². The van der Waals surface area contributed by atoms with Crippen LogP contribution in [0.1, 0.15) is 40.5 Å². The second-order valence-electron chi connectivity index (χ2n) is 6.58. The summed E-state index contributed by atoms with van der Waals surface area (Å²) in [6, 6.07) is 9.00. The predicted molar refractivity (Wildman–Crippen MR) is 92.6 cm³/mol. The average Bonchev–Trinajstić information content (AvgIpc) is 2.36. The Morgan fingerprint density at radius 3 is 2.59 bits per heavy atom. The van der Waals surface area contributed by atoms with Crippen LogP contribution < -0.4 is 10.6 Å². The summed E-state index contributed by atoms with van der Waals surface area (Å²) in [5.74, 6) is 1.06. The molecular weight excluding hydrogens is 296 g/mol. The molecule has 0 aromatic heterocycles. The summed E-state index contributed by atoms with van der Waals surface area (Å²) in [5.41, 5.74) is 0.747. The summed E-state index contributed by atoms with van der Waals surface area (Å²) in [7, 11) is 0. The molecule has 1 fully saturated rings. The first-order valence-electron chi connectivity index (χ1n) is 7.85. The molecule has 0 atom stereocenters. The molecule has 1 aromatic carbocycles. The number of amides is 1. The summed E-state index contributed by atoms with van der Waals surface area (Å²) < 4.78 is 5.27. The van der Waals surface area contributed by atoms with Crippen molar-refractivity contribution >= 4 is 23.5 Å². The number of nitrogens with one attached hydrogen (secondary N) is 2. The molecule has 0 saturated heterocycles. The maximum absolute atomic E-state index is 11.7. The number of hydrogen-bond acceptors (Lipinski definition) is 4. The van der Waals surface area contributed by atoms with Gasteiger partial charge < -0.3 is 15.4 Å². The largest absolute Gasteiger partial charge is 0.444 e. The number of carbonyl (C=O) groups excluding carboxylic acids is 1. The maximum Gasteiger partial charge on any atom is 0.407 e. The lowest BCUT2D eigenvalue weighted by atomic mass is 9.86. The van der Waals surface area contributed by atoms with Gasteiger partial charge in [0.05, 0.1) is 0 Å². The Hall–Kier alpha value is -1.36. The first-order valence-corrected chi connectivity index (χ1v) is 8.84. The Morgan fingerprint density at radius 2 is 1.95 bits per heavy atom. The molecule has 1 amide bonds. The van der Waals surface area contributed by atoms with E-state index in [1.807, 2.05) is 32.5 Å². The van der Waals surface area contributed by atoms with Crippen molar-refractivity contribution in [2.75, 3.05) is 11.1 Å².